The van der Waals surface area contributed by atoms with Crippen molar-refractivity contribution in [2.24, 2.45) is 0 Å². The third-order valence-corrected chi connectivity index (χ3v) is 3.66. The second-order valence-electron chi connectivity index (χ2n) is 5.73. The zero-order valence-electron chi connectivity index (χ0n) is 15.1. The van der Waals surface area contributed by atoms with Crippen molar-refractivity contribution < 1.29 is 28.5 Å². The van der Waals surface area contributed by atoms with Crippen molar-refractivity contribution in [1.29, 1.82) is 0 Å². The fourth-order valence-electron chi connectivity index (χ4n) is 2.35. The molecule has 0 saturated carbocycles. The Kier molecular flexibility index (Phi) is 6.30. The van der Waals surface area contributed by atoms with Gasteiger partial charge in [0.25, 0.3) is 5.91 Å². The summed E-state index contributed by atoms with van der Waals surface area (Å²) in [5.74, 6) is 0.811. The zero-order valence-corrected chi connectivity index (χ0v) is 15.1. The summed E-state index contributed by atoms with van der Waals surface area (Å²) in [7, 11) is 0. The van der Waals surface area contributed by atoms with E-state index in [4.69, 9.17) is 18.9 Å². The van der Waals surface area contributed by atoms with E-state index in [9.17, 15) is 9.59 Å². The molecule has 0 aliphatic carbocycles. The van der Waals surface area contributed by atoms with E-state index < -0.39 is 18.5 Å². The highest BCUT2D eigenvalue weighted by molar-refractivity contribution is 5.94. The van der Waals surface area contributed by atoms with Crippen molar-refractivity contribution in [2.75, 3.05) is 25.3 Å². The lowest BCUT2D eigenvalue weighted by atomic mass is 10.2. The molecule has 0 fully saturated rings. The molecule has 7 nitrogen and oxygen atoms in total. The maximum atomic E-state index is 11.9. The fraction of sp³-hybridized carbons (Fsp3) is 0.143. The Labute approximate surface area is 162 Å². The third kappa shape index (κ3) is 5.38. The number of carbonyl (C=O) groups is 2. The van der Waals surface area contributed by atoms with E-state index in [-0.39, 0.29) is 6.79 Å². The van der Waals surface area contributed by atoms with Crippen LogP contribution in [0.2, 0.25) is 0 Å². The van der Waals surface area contributed by atoms with Gasteiger partial charge in [-0.3, -0.25) is 4.79 Å². The molecule has 0 unspecified atom stereocenters. The lowest BCUT2D eigenvalue weighted by Gasteiger charge is -2.06. The quantitative estimate of drug-likeness (QED) is 0.430. The highest BCUT2D eigenvalue weighted by atomic mass is 16.7. The molecule has 28 heavy (non-hydrogen) atoms. The summed E-state index contributed by atoms with van der Waals surface area (Å²) in [5, 5.41) is 2.63. The standard InChI is InChI=1S/C21H19NO6/c1-2-11-25-17-7-3-15(4-8-17)5-10-21(24)26-13-20(23)22-16-6-9-18-19(12-16)28-14-27-18/h2-10,12H,1,11,13-14H2,(H,22,23)/b10-5+. The van der Waals surface area contributed by atoms with Gasteiger partial charge in [-0.2, -0.15) is 0 Å². The van der Waals surface area contributed by atoms with E-state index in [0.29, 0.717) is 29.5 Å². The molecule has 1 heterocycles. The van der Waals surface area contributed by atoms with Crippen LogP contribution in [-0.4, -0.2) is 31.9 Å². The Morgan fingerprint density at radius 3 is 2.68 bits per heavy atom. The van der Waals surface area contributed by atoms with E-state index in [2.05, 4.69) is 11.9 Å². The van der Waals surface area contributed by atoms with E-state index >= 15 is 0 Å². The van der Waals surface area contributed by atoms with Gasteiger partial charge in [0.05, 0.1) is 0 Å². The predicted molar refractivity (Wildman–Crippen MR) is 103 cm³/mol. The van der Waals surface area contributed by atoms with Crippen LogP contribution in [0.4, 0.5) is 5.69 Å². The maximum absolute atomic E-state index is 11.9. The van der Waals surface area contributed by atoms with Gasteiger partial charge in [0.2, 0.25) is 6.79 Å². The summed E-state index contributed by atoms with van der Waals surface area (Å²) in [6, 6.07) is 12.2. The first-order chi connectivity index (χ1) is 13.6. The molecule has 2 aromatic rings. The van der Waals surface area contributed by atoms with Gasteiger partial charge in [-0.1, -0.05) is 24.8 Å². The summed E-state index contributed by atoms with van der Waals surface area (Å²) in [4.78, 5) is 23.7. The summed E-state index contributed by atoms with van der Waals surface area (Å²) in [6.45, 7) is 3.77. The molecule has 144 valence electrons. The molecule has 0 aromatic heterocycles. The molecule has 3 rings (SSSR count). The third-order valence-electron chi connectivity index (χ3n) is 3.66. The van der Waals surface area contributed by atoms with Gasteiger partial charge in [0.15, 0.2) is 18.1 Å². The molecule has 0 bridgehead atoms. The van der Waals surface area contributed by atoms with Crippen LogP contribution in [0.15, 0.2) is 61.2 Å². The lowest BCUT2D eigenvalue weighted by molar-refractivity contribution is -0.142. The number of carbonyl (C=O) groups excluding carboxylic acids is 2. The van der Waals surface area contributed by atoms with E-state index in [1.807, 2.05) is 0 Å². The monoisotopic (exact) mass is 381 g/mol. The molecule has 1 aliphatic rings. The number of hydrogen-bond donors (Lipinski definition) is 1. The van der Waals surface area contributed by atoms with Crippen LogP contribution in [-0.2, 0) is 14.3 Å². The normalized spacial score (nSPS) is 11.9. The average molecular weight is 381 g/mol. The Morgan fingerprint density at radius 2 is 1.89 bits per heavy atom. The van der Waals surface area contributed by atoms with Crippen molar-refractivity contribution in [3.8, 4) is 17.2 Å². The highest BCUT2D eigenvalue weighted by Gasteiger charge is 2.14. The minimum Gasteiger partial charge on any atom is -0.490 e. The SMILES string of the molecule is C=CCOc1ccc(/C=C/C(=O)OCC(=O)Nc2ccc3c(c2)OCO3)cc1. The van der Waals surface area contributed by atoms with Gasteiger partial charge >= 0.3 is 5.97 Å². The number of amides is 1. The Morgan fingerprint density at radius 1 is 1.11 bits per heavy atom. The first-order valence-corrected chi connectivity index (χ1v) is 8.52. The van der Waals surface area contributed by atoms with Crippen LogP contribution < -0.4 is 19.5 Å². The molecule has 0 atom stereocenters. The first kappa shape index (κ1) is 19.0. The van der Waals surface area contributed by atoms with Crippen LogP contribution in [0.5, 0.6) is 17.2 Å². The number of nitrogens with one attached hydrogen (secondary N) is 1. The summed E-state index contributed by atoms with van der Waals surface area (Å²) in [5.41, 5.74) is 1.33. The Balaban J connectivity index is 1.43. The topological polar surface area (TPSA) is 83.1 Å². The Bertz CT molecular complexity index is 888. The number of esters is 1. The molecule has 0 radical (unpaired) electrons. The highest BCUT2D eigenvalue weighted by Crippen LogP contribution is 2.34. The van der Waals surface area contributed by atoms with E-state index in [1.54, 1.807) is 54.6 Å². The molecule has 1 N–H and O–H groups in total. The van der Waals surface area contributed by atoms with Crippen molar-refractivity contribution in [1.82, 2.24) is 0 Å². The number of ether oxygens (including phenoxy) is 4. The minimum absolute atomic E-state index is 0.154. The van der Waals surface area contributed by atoms with Crippen molar-refractivity contribution in [2.45, 2.75) is 0 Å². The molecule has 7 heteroatoms. The second-order valence-corrected chi connectivity index (χ2v) is 5.73. The number of anilines is 1. The van der Waals surface area contributed by atoms with Gasteiger partial charge in [-0.05, 0) is 35.9 Å². The lowest BCUT2D eigenvalue weighted by Crippen LogP contribution is -2.20. The zero-order chi connectivity index (χ0) is 19.8. The molecular weight excluding hydrogens is 362 g/mol. The summed E-state index contributed by atoms with van der Waals surface area (Å²) in [6.07, 6.45) is 4.51. The largest absolute Gasteiger partial charge is 0.490 e. The molecule has 0 spiro atoms. The van der Waals surface area contributed by atoms with Crippen LogP contribution in [0.3, 0.4) is 0 Å². The number of benzene rings is 2. The van der Waals surface area contributed by atoms with Crippen molar-refractivity contribution in [3.05, 3.63) is 66.8 Å². The van der Waals surface area contributed by atoms with Gasteiger partial charge in [0.1, 0.15) is 12.4 Å². The molecule has 1 aliphatic heterocycles. The molecule has 2 aromatic carbocycles. The molecule has 1 amide bonds. The smallest absolute Gasteiger partial charge is 0.331 e. The predicted octanol–water partition coefficient (Wildman–Crippen LogP) is 3.18. The van der Waals surface area contributed by atoms with Crippen molar-refractivity contribution in [3.63, 3.8) is 0 Å². The average Bonchev–Trinajstić information content (AvgIpc) is 3.18. The van der Waals surface area contributed by atoms with Gasteiger partial charge in [-0.25, -0.2) is 4.79 Å². The minimum atomic E-state index is -0.618. The first-order valence-electron chi connectivity index (χ1n) is 8.52. The van der Waals surface area contributed by atoms with Crippen LogP contribution in [0, 0.1) is 0 Å². The van der Waals surface area contributed by atoms with Gasteiger partial charge < -0.3 is 24.3 Å². The summed E-state index contributed by atoms with van der Waals surface area (Å²) < 4.78 is 20.8. The van der Waals surface area contributed by atoms with Crippen LogP contribution in [0.1, 0.15) is 5.56 Å². The van der Waals surface area contributed by atoms with Crippen molar-refractivity contribution >= 4 is 23.6 Å². The van der Waals surface area contributed by atoms with Crippen LogP contribution in [0.25, 0.3) is 6.08 Å². The number of rotatable bonds is 8. The van der Waals surface area contributed by atoms with Gasteiger partial charge in [-0.15, -0.1) is 0 Å². The van der Waals surface area contributed by atoms with Crippen LogP contribution >= 0.6 is 0 Å². The number of hydrogen-bond acceptors (Lipinski definition) is 6. The fourth-order valence-corrected chi connectivity index (χ4v) is 2.35. The second kappa shape index (κ2) is 9.27. The number of fused-ring (bicyclic) bond motifs is 1. The van der Waals surface area contributed by atoms with E-state index in [0.717, 1.165) is 5.56 Å². The van der Waals surface area contributed by atoms with E-state index in [1.165, 1.54) is 6.08 Å². The maximum Gasteiger partial charge on any atom is 0.331 e. The summed E-state index contributed by atoms with van der Waals surface area (Å²) >= 11 is 0. The molecule has 0 saturated heterocycles. The Hall–Kier alpha value is -3.74. The van der Waals surface area contributed by atoms with Gasteiger partial charge in [0, 0.05) is 17.8 Å². The molecular formula is C21H19NO6.